The number of unbranched alkanes of at least 4 members (excludes halogenated alkanes) is 36. The normalized spacial score (nSPS) is 13.1. The standard InChI is InChI=1S/C53H101NO3/c1-3-5-7-9-11-13-15-17-19-21-22-23-24-25-26-27-28-29-30-31-32-33-34-36-38-40-42-44-46-48-52(56)51(50-55)54-53(57)49-47-45-43-41-39-37-35-20-18-16-14-12-10-8-6-4-2/h14,16,20,35,46,48,51-52,55-56H,3-13,15,17-19,21-34,36-45,47,49-50H2,1-2H3,(H,54,57)/b16-14-,35-20-,48-46+. The Morgan fingerprint density at radius 1 is 0.421 bits per heavy atom. The van der Waals surface area contributed by atoms with E-state index in [1.165, 1.54) is 212 Å². The van der Waals surface area contributed by atoms with Crippen molar-refractivity contribution in [1.82, 2.24) is 5.32 Å². The highest BCUT2D eigenvalue weighted by atomic mass is 16.3. The Labute approximate surface area is 357 Å². The van der Waals surface area contributed by atoms with Gasteiger partial charge < -0.3 is 15.5 Å². The van der Waals surface area contributed by atoms with Crippen molar-refractivity contribution < 1.29 is 15.0 Å². The molecule has 336 valence electrons. The molecule has 3 N–H and O–H groups in total. The number of aliphatic hydroxyl groups is 2. The van der Waals surface area contributed by atoms with Crippen molar-refractivity contribution >= 4 is 5.91 Å². The van der Waals surface area contributed by atoms with E-state index < -0.39 is 12.1 Å². The van der Waals surface area contributed by atoms with Crippen molar-refractivity contribution in [3.05, 3.63) is 36.5 Å². The molecule has 0 aliphatic carbocycles. The molecule has 0 fully saturated rings. The average molecular weight is 800 g/mol. The van der Waals surface area contributed by atoms with Gasteiger partial charge in [-0.3, -0.25) is 4.79 Å². The molecule has 4 nitrogen and oxygen atoms in total. The van der Waals surface area contributed by atoms with Crippen LogP contribution >= 0.6 is 0 Å². The van der Waals surface area contributed by atoms with Gasteiger partial charge in [-0.05, 0) is 51.4 Å². The summed E-state index contributed by atoms with van der Waals surface area (Å²) < 4.78 is 0. The minimum Gasteiger partial charge on any atom is -0.394 e. The predicted molar refractivity (Wildman–Crippen MR) is 253 cm³/mol. The third-order valence-electron chi connectivity index (χ3n) is 11.9. The molecule has 0 aliphatic rings. The Bertz CT molecular complexity index is 866. The molecule has 57 heavy (non-hydrogen) atoms. The van der Waals surface area contributed by atoms with E-state index in [2.05, 4.69) is 43.5 Å². The molecule has 0 bridgehead atoms. The van der Waals surface area contributed by atoms with Crippen LogP contribution in [-0.2, 0) is 4.79 Å². The number of rotatable bonds is 47. The summed E-state index contributed by atoms with van der Waals surface area (Å²) in [4.78, 5) is 12.4. The minimum absolute atomic E-state index is 0.0755. The van der Waals surface area contributed by atoms with E-state index >= 15 is 0 Å². The Morgan fingerprint density at radius 3 is 1.07 bits per heavy atom. The van der Waals surface area contributed by atoms with Crippen molar-refractivity contribution in [1.29, 1.82) is 0 Å². The van der Waals surface area contributed by atoms with Gasteiger partial charge in [0.05, 0.1) is 18.8 Å². The summed E-state index contributed by atoms with van der Waals surface area (Å²) in [6, 6.07) is -0.629. The third kappa shape index (κ3) is 45.5. The predicted octanol–water partition coefficient (Wildman–Crippen LogP) is 16.5. The lowest BCUT2D eigenvalue weighted by Crippen LogP contribution is -2.45. The number of aliphatic hydroxyl groups excluding tert-OH is 2. The van der Waals surface area contributed by atoms with E-state index in [1.54, 1.807) is 6.08 Å². The van der Waals surface area contributed by atoms with Crippen LogP contribution in [-0.4, -0.2) is 34.9 Å². The zero-order valence-corrected chi connectivity index (χ0v) is 38.6. The Hall–Kier alpha value is -1.39. The maximum atomic E-state index is 12.4. The van der Waals surface area contributed by atoms with Crippen LogP contribution < -0.4 is 5.32 Å². The number of carbonyl (C=O) groups excluding carboxylic acids is 1. The molecular formula is C53H101NO3. The molecule has 4 heteroatoms. The van der Waals surface area contributed by atoms with Gasteiger partial charge >= 0.3 is 0 Å². The highest BCUT2D eigenvalue weighted by molar-refractivity contribution is 5.76. The molecule has 0 rings (SSSR count). The molecular weight excluding hydrogens is 699 g/mol. The van der Waals surface area contributed by atoms with Crippen LogP contribution in [0.3, 0.4) is 0 Å². The molecule has 0 saturated carbocycles. The molecule has 0 saturated heterocycles. The summed E-state index contributed by atoms with van der Waals surface area (Å²) in [6.45, 7) is 4.30. The van der Waals surface area contributed by atoms with Crippen LogP contribution in [0.5, 0.6) is 0 Å². The van der Waals surface area contributed by atoms with Crippen molar-refractivity contribution in [3.63, 3.8) is 0 Å². The number of nitrogens with one attached hydrogen (secondary N) is 1. The number of hydrogen-bond donors (Lipinski definition) is 3. The maximum Gasteiger partial charge on any atom is 0.220 e. The zero-order chi connectivity index (χ0) is 41.4. The second-order valence-electron chi connectivity index (χ2n) is 17.6. The lowest BCUT2D eigenvalue weighted by molar-refractivity contribution is -0.123. The molecule has 0 aromatic rings. The van der Waals surface area contributed by atoms with E-state index in [0.717, 1.165) is 44.9 Å². The lowest BCUT2D eigenvalue weighted by atomic mass is 10.0. The summed E-state index contributed by atoms with van der Waals surface area (Å²) in [5.41, 5.74) is 0. The van der Waals surface area contributed by atoms with Gasteiger partial charge in [-0.2, -0.15) is 0 Å². The average Bonchev–Trinajstić information content (AvgIpc) is 3.22. The molecule has 0 heterocycles. The minimum atomic E-state index is -0.845. The molecule has 0 aromatic carbocycles. The van der Waals surface area contributed by atoms with E-state index in [0.29, 0.717) is 6.42 Å². The smallest absolute Gasteiger partial charge is 0.220 e. The highest BCUT2D eigenvalue weighted by Crippen LogP contribution is 2.17. The molecule has 0 aliphatic heterocycles. The van der Waals surface area contributed by atoms with Crippen LogP contribution in [0.2, 0.25) is 0 Å². The number of allylic oxidation sites excluding steroid dienone is 5. The van der Waals surface area contributed by atoms with E-state index in [-0.39, 0.29) is 12.5 Å². The molecule has 2 atom stereocenters. The van der Waals surface area contributed by atoms with E-state index in [4.69, 9.17) is 0 Å². The second-order valence-corrected chi connectivity index (χ2v) is 17.6. The first-order valence-corrected chi connectivity index (χ1v) is 25.7. The first-order valence-electron chi connectivity index (χ1n) is 25.7. The Balaban J connectivity index is 3.49. The van der Waals surface area contributed by atoms with E-state index in [1.807, 2.05) is 6.08 Å². The van der Waals surface area contributed by atoms with Gasteiger partial charge in [-0.25, -0.2) is 0 Å². The fraction of sp³-hybridized carbons (Fsp3) is 0.868. The quantitative estimate of drug-likeness (QED) is 0.0424. The molecule has 0 spiro atoms. The van der Waals surface area contributed by atoms with Crippen molar-refractivity contribution in [2.24, 2.45) is 0 Å². The van der Waals surface area contributed by atoms with Gasteiger partial charge in [0.2, 0.25) is 5.91 Å². The summed E-state index contributed by atoms with van der Waals surface area (Å²) in [5.74, 6) is -0.0755. The SMILES string of the molecule is CCCCCC/C=C\C/C=C\CCCCCCCC(=O)NC(CO)C(O)/C=C/CCCCCCCCCCCCCCCCCCCCCCCCCCCCC. The van der Waals surface area contributed by atoms with Crippen molar-refractivity contribution in [2.45, 2.75) is 289 Å². The lowest BCUT2D eigenvalue weighted by Gasteiger charge is -2.20. The van der Waals surface area contributed by atoms with Gasteiger partial charge in [0, 0.05) is 6.42 Å². The van der Waals surface area contributed by atoms with Crippen LogP contribution in [0.25, 0.3) is 0 Å². The third-order valence-corrected chi connectivity index (χ3v) is 11.9. The molecule has 0 radical (unpaired) electrons. The van der Waals surface area contributed by atoms with Gasteiger partial charge in [0.1, 0.15) is 0 Å². The summed E-state index contributed by atoms with van der Waals surface area (Å²) in [5, 5.41) is 23.1. The highest BCUT2D eigenvalue weighted by Gasteiger charge is 2.18. The number of hydrogen-bond acceptors (Lipinski definition) is 3. The van der Waals surface area contributed by atoms with E-state index in [9.17, 15) is 15.0 Å². The van der Waals surface area contributed by atoms with Gasteiger partial charge in [0.25, 0.3) is 0 Å². The van der Waals surface area contributed by atoms with Crippen LogP contribution in [0.1, 0.15) is 277 Å². The van der Waals surface area contributed by atoms with Gasteiger partial charge in [-0.1, -0.05) is 256 Å². The largest absolute Gasteiger partial charge is 0.394 e. The van der Waals surface area contributed by atoms with Crippen molar-refractivity contribution in [2.75, 3.05) is 6.61 Å². The topological polar surface area (TPSA) is 69.6 Å². The van der Waals surface area contributed by atoms with Crippen LogP contribution in [0.15, 0.2) is 36.5 Å². The fourth-order valence-corrected chi connectivity index (χ4v) is 7.92. The number of amides is 1. The summed E-state index contributed by atoms with van der Waals surface area (Å²) in [7, 11) is 0. The monoisotopic (exact) mass is 800 g/mol. The molecule has 1 amide bonds. The van der Waals surface area contributed by atoms with Gasteiger partial charge in [0.15, 0.2) is 0 Å². The first kappa shape index (κ1) is 55.6. The first-order chi connectivity index (χ1) is 28.2. The van der Waals surface area contributed by atoms with Crippen LogP contribution in [0, 0.1) is 0 Å². The number of carbonyl (C=O) groups is 1. The van der Waals surface area contributed by atoms with Crippen molar-refractivity contribution in [3.8, 4) is 0 Å². The second kappa shape index (κ2) is 49.0. The van der Waals surface area contributed by atoms with Gasteiger partial charge in [-0.15, -0.1) is 0 Å². The summed E-state index contributed by atoms with van der Waals surface area (Å²) >= 11 is 0. The molecule has 2 unspecified atom stereocenters. The maximum absolute atomic E-state index is 12.4. The Morgan fingerprint density at radius 2 is 0.719 bits per heavy atom. The fourth-order valence-electron chi connectivity index (χ4n) is 7.92. The van der Waals surface area contributed by atoms with Crippen LogP contribution in [0.4, 0.5) is 0 Å². The Kier molecular flexibility index (Phi) is 47.8. The summed E-state index contributed by atoms with van der Waals surface area (Å²) in [6.07, 6.45) is 65.7. The molecule has 0 aromatic heterocycles. The zero-order valence-electron chi connectivity index (χ0n) is 38.6.